The minimum Gasteiger partial charge on any atom is -0.480 e. The zero-order valence-electron chi connectivity index (χ0n) is 17.5. The topological polar surface area (TPSA) is 115 Å². The van der Waals surface area contributed by atoms with Crippen LogP contribution in [0, 0.1) is 0 Å². The fraction of sp³-hybridized carbons (Fsp3) is 0.286. The maximum absolute atomic E-state index is 13.4. The van der Waals surface area contributed by atoms with E-state index in [2.05, 4.69) is 26.0 Å². The number of ether oxygens (including phenoxy) is 1. The van der Waals surface area contributed by atoms with Crippen molar-refractivity contribution >= 4 is 43.5 Å². The number of aliphatic carboxylic acids is 1. The molecule has 0 amide bonds. The van der Waals surface area contributed by atoms with Crippen molar-refractivity contribution in [1.82, 2.24) is 19.1 Å². The van der Waals surface area contributed by atoms with Gasteiger partial charge in [-0.05, 0) is 53.4 Å². The van der Waals surface area contributed by atoms with E-state index in [1.807, 2.05) is 0 Å². The smallest absolute Gasteiger partial charge is 0.325 e. The molecule has 0 saturated carbocycles. The number of carboxylic acid groups (broad SMARTS) is 1. The Morgan fingerprint density at radius 2 is 2.12 bits per heavy atom. The number of benzene rings is 1. The quantitative estimate of drug-likeness (QED) is 0.463. The summed E-state index contributed by atoms with van der Waals surface area (Å²) < 4.78 is 35.5. The standard InChI is InChI=1S/C21H20BrClN4O5S/c1-26(17-6-4-7-18-14(17)11-25-27(18)12-20(28)29)33(30,31)13-9-15(22)21(24-10-13)32-19-8-3-2-5-16(19)23/h2-3,5,8-11,17H,4,6-7,12H2,1H3,(H,28,29). The number of sulfonamides is 1. The fourth-order valence-electron chi connectivity index (χ4n) is 3.83. The maximum Gasteiger partial charge on any atom is 0.325 e. The molecule has 3 aromatic rings. The molecule has 0 fully saturated rings. The first-order chi connectivity index (χ1) is 15.7. The first-order valence-corrected chi connectivity index (χ1v) is 12.6. The molecule has 33 heavy (non-hydrogen) atoms. The molecule has 0 saturated heterocycles. The van der Waals surface area contributed by atoms with Crippen molar-refractivity contribution in [2.45, 2.75) is 36.7 Å². The SMILES string of the molecule is CN(C1CCCc2c1cnn2CC(=O)O)S(=O)(=O)c1cnc(Oc2ccccc2Cl)c(Br)c1. The van der Waals surface area contributed by atoms with E-state index in [1.165, 1.54) is 28.3 Å². The molecule has 1 aromatic carbocycles. The van der Waals surface area contributed by atoms with Crippen LogP contribution in [-0.2, 0) is 27.8 Å². The lowest BCUT2D eigenvalue weighted by molar-refractivity contribution is -0.137. The van der Waals surface area contributed by atoms with E-state index in [0.717, 1.165) is 17.7 Å². The third-order valence-corrected chi connectivity index (χ3v) is 8.17. The van der Waals surface area contributed by atoms with Crippen LogP contribution in [0.3, 0.4) is 0 Å². The number of aromatic nitrogens is 3. The van der Waals surface area contributed by atoms with Crippen LogP contribution in [-0.4, -0.2) is 45.6 Å². The summed E-state index contributed by atoms with van der Waals surface area (Å²) in [5, 5.41) is 13.7. The second kappa shape index (κ2) is 9.41. The number of hydrogen-bond donors (Lipinski definition) is 1. The molecule has 12 heteroatoms. The summed E-state index contributed by atoms with van der Waals surface area (Å²) in [6.07, 6.45) is 4.76. The van der Waals surface area contributed by atoms with Gasteiger partial charge in [-0.1, -0.05) is 23.7 Å². The van der Waals surface area contributed by atoms with E-state index in [9.17, 15) is 13.2 Å². The Morgan fingerprint density at radius 1 is 1.36 bits per heavy atom. The first kappa shape index (κ1) is 23.7. The monoisotopic (exact) mass is 554 g/mol. The van der Waals surface area contributed by atoms with Gasteiger partial charge in [0.05, 0.1) is 27.9 Å². The Balaban J connectivity index is 1.60. The molecule has 4 rings (SSSR count). The summed E-state index contributed by atoms with van der Waals surface area (Å²) in [5.74, 6) is -0.424. The Kier molecular flexibility index (Phi) is 6.76. The van der Waals surface area contributed by atoms with Gasteiger partial charge in [0.1, 0.15) is 17.2 Å². The number of nitrogens with zero attached hydrogens (tertiary/aromatic N) is 4. The number of para-hydroxylation sites is 1. The molecule has 2 aromatic heterocycles. The van der Waals surface area contributed by atoms with Crippen LogP contribution in [0.1, 0.15) is 30.1 Å². The molecule has 2 heterocycles. The van der Waals surface area contributed by atoms with Crippen molar-refractivity contribution in [1.29, 1.82) is 0 Å². The Morgan fingerprint density at radius 3 is 2.82 bits per heavy atom. The van der Waals surface area contributed by atoms with Gasteiger partial charge in [0.15, 0.2) is 0 Å². The van der Waals surface area contributed by atoms with Crippen LogP contribution < -0.4 is 4.74 Å². The van der Waals surface area contributed by atoms with Gasteiger partial charge in [-0.25, -0.2) is 13.4 Å². The summed E-state index contributed by atoms with van der Waals surface area (Å²) in [5.41, 5.74) is 1.47. The van der Waals surface area contributed by atoms with Gasteiger partial charge < -0.3 is 9.84 Å². The zero-order valence-corrected chi connectivity index (χ0v) is 20.6. The van der Waals surface area contributed by atoms with Crippen molar-refractivity contribution in [3.8, 4) is 11.6 Å². The molecule has 0 spiro atoms. The lowest BCUT2D eigenvalue weighted by atomic mass is 9.93. The van der Waals surface area contributed by atoms with Gasteiger partial charge in [-0.2, -0.15) is 9.40 Å². The second-order valence-corrected chi connectivity index (χ2v) is 10.8. The molecule has 9 nitrogen and oxygen atoms in total. The van der Waals surface area contributed by atoms with Gasteiger partial charge in [-0.3, -0.25) is 9.48 Å². The molecular weight excluding hydrogens is 536 g/mol. The summed E-state index contributed by atoms with van der Waals surface area (Å²) in [6, 6.07) is 7.86. The van der Waals surface area contributed by atoms with Gasteiger partial charge in [0, 0.05) is 18.3 Å². The highest BCUT2D eigenvalue weighted by Gasteiger charge is 2.34. The lowest BCUT2D eigenvalue weighted by Gasteiger charge is -2.30. The molecule has 1 atom stereocenters. The Hall–Kier alpha value is -2.47. The number of halogens is 2. The number of fused-ring (bicyclic) bond motifs is 1. The normalized spacial score (nSPS) is 15.9. The molecule has 1 aliphatic carbocycles. The molecule has 0 bridgehead atoms. The van der Waals surface area contributed by atoms with Crippen molar-refractivity contribution < 1.29 is 23.1 Å². The highest BCUT2D eigenvalue weighted by atomic mass is 79.9. The summed E-state index contributed by atoms with van der Waals surface area (Å²) in [7, 11) is -2.40. The van der Waals surface area contributed by atoms with Crippen molar-refractivity contribution in [3.63, 3.8) is 0 Å². The first-order valence-electron chi connectivity index (χ1n) is 10.0. The molecular formula is C21H20BrClN4O5S. The Labute approximate surface area is 204 Å². The number of pyridine rings is 1. The number of carboxylic acids is 1. The number of hydrogen-bond acceptors (Lipinski definition) is 6. The molecule has 0 radical (unpaired) electrons. The van der Waals surface area contributed by atoms with Crippen molar-refractivity contribution in [2.75, 3.05) is 7.05 Å². The predicted molar refractivity (Wildman–Crippen MR) is 124 cm³/mol. The molecule has 1 aliphatic rings. The predicted octanol–water partition coefficient (Wildman–Crippen LogP) is 4.27. The second-order valence-electron chi connectivity index (χ2n) is 7.52. The average molecular weight is 556 g/mol. The van der Waals surface area contributed by atoms with E-state index in [0.29, 0.717) is 28.1 Å². The van der Waals surface area contributed by atoms with E-state index < -0.39 is 22.0 Å². The van der Waals surface area contributed by atoms with Gasteiger partial charge >= 0.3 is 5.97 Å². The molecule has 1 unspecified atom stereocenters. The summed E-state index contributed by atoms with van der Waals surface area (Å²) in [6.45, 7) is -0.262. The Bertz CT molecular complexity index is 1310. The van der Waals surface area contributed by atoms with E-state index >= 15 is 0 Å². The van der Waals surface area contributed by atoms with Gasteiger partial charge in [0.2, 0.25) is 15.9 Å². The maximum atomic E-state index is 13.4. The van der Waals surface area contributed by atoms with E-state index in [1.54, 1.807) is 30.5 Å². The minimum absolute atomic E-state index is 0.00608. The van der Waals surface area contributed by atoms with Crippen molar-refractivity contribution in [2.24, 2.45) is 0 Å². The third kappa shape index (κ3) is 4.77. The van der Waals surface area contributed by atoms with E-state index in [-0.39, 0.29) is 17.3 Å². The molecule has 1 N–H and O–H groups in total. The van der Waals surface area contributed by atoms with Crippen molar-refractivity contribution in [3.05, 3.63) is 63.5 Å². The van der Waals surface area contributed by atoms with Crippen LogP contribution in [0.25, 0.3) is 0 Å². The van der Waals surface area contributed by atoms with Gasteiger partial charge in [0.25, 0.3) is 0 Å². The number of carbonyl (C=O) groups is 1. The van der Waals surface area contributed by atoms with Crippen LogP contribution in [0.15, 0.2) is 52.1 Å². The van der Waals surface area contributed by atoms with Crippen LogP contribution in [0.2, 0.25) is 5.02 Å². The fourth-order valence-corrected chi connectivity index (χ4v) is 5.92. The highest BCUT2D eigenvalue weighted by molar-refractivity contribution is 9.10. The molecule has 174 valence electrons. The third-order valence-electron chi connectivity index (χ3n) is 5.46. The largest absolute Gasteiger partial charge is 0.480 e. The highest BCUT2D eigenvalue weighted by Crippen LogP contribution is 2.38. The summed E-state index contributed by atoms with van der Waals surface area (Å²) >= 11 is 9.46. The van der Waals surface area contributed by atoms with E-state index in [4.69, 9.17) is 21.4 Å². The van der Waals surface area contributed by atoms with Crippen LogP contribution >= 0.6 is 27.5 Å². The number of rotatable bonds is 7. The van der Waals surface area contributed by atoms with Gasteiger partial charge in [-0.15, -0.1) is 0 Å². The van der Waals surface area contributed by atoms with Crippen LogP contribution in [0.4, 0.5) is 0 Å². The zero-order chi connectivity index (χ0) is 23.8. The summed E-state index contributed by atoms with van der Waals surface area (Å²) in [4.78, 5) is 15.3. The molecule has 0 aliphatic heterocycles. The average Bonchev–Trinajstić information content (AvgIpc) is 3.18. The van der Waals surface area contributed by atoms with Crippen LogP contribution in [0.5, 0.6) is 11.6 Å². The minimum atomic E-state index is -3.91. The lowest BCUT2D eigenvalue weighted by Crippen LogP contribution is -2.33.